The van der Waals surface area contributed by atoms with Crippen LogP contribution in [0, 0.1) is 0 Å². The number of nitrogens with two attached hydrogens (primary N) is 1. The first-order valence-electron chi connectivity index (χ1n) is 4.24. The number of alkyl halides is 1. The number of benzene rings is 1. The number of hydrogen-bond acceptors (Lipinski definition) is 1. The van der Waals surface area contributed by atoms with Gasteiger partial charge in [-0.15, -0.1) is 11.6 Å². The molecule has 0 aliphatic heterocycles. The zero-order valence-electron chi connectivity index (χ0n) is 7.63. The van der Waals surface area contributed by atoms with Gasteiger partial charge in [0, 0.05) is 0 Å². The lowest BCUT2D eigenvalue weighted by atomic mass is 10.1. The minimum atomic E-state index is 0.273. The molecule has 0 radical (unpaired) electrons. The van der Waals surface area contributed by atoms with Gasteiger partial charge in [0.15, 0.2) is 0 Å². The van der Waals surface area contributed by atoms with Gasteiger partial charge in [-0.3, -0.25) is 0 Å². The Balaban J connectivity index is 2.80. The van der Waals surface area contributed by atoms with E-state index < -0.39 is 0 Å². The average Bonchev–Trinajstić information content (AvgIpc) is 2.19. The number of aryl methyl sites for hydroxylation is 1. The van der Waals surface area contributed by atoms with Gasteiger partial charge in [0.2, 0.25) is 0 Å². The van der Waals surface area contributed by atoms with Crippen molar-refractivity contribution in [3.05, 3.63) is 29.8 Å². The highest BCUT2D eigenvalue weighted by Gasteiger charge is 1.92. The molecular formula is C10H13ClN2. The topological polar surface area (TPSA) is 38.4 Å². The maximum atomic E-state index is 5.50. The normalized spacial score (nSPS) is 11.7. The van der Waals surface area contributed by atoms with Gasteiger partial charge in [0.1, 0.15) is 5.84 Å². The number of aliphatic imine (C=N–C) groups is 1. The first-order valence-corrected chi connectivity index (χ1v) is 4.77. The van der Waals surface area contributed by atoms with Gasteiger partial charge in [0.05, 0.1) is 11.6 Å². The van der Waals surface area contributed by atoms with Gasteiger partial charge in [-0.2, -0.15) is 0 Å². The Labute approximate surface area is 83.4 Å². The first-order chi connectivity index (χ1) is 6.26. The van der Waals surface area contributed by atoms with Crippen LogP contribution in [0.15, 0.2) is 29.3 Å². The van der Waals surface area contributed by atoms with Crippen molar-refractivity contribution in [1.82, 2.24) is 0 Å². The second-order valence-corrected chi connectivity index (χ2v) is 3.02. The summed E-state index contributed by atoms with van der Waals surface area (Å²) in [6.07, 6.45) is 1.04. The van der Waals surface area contributed by atoms with Crippen LogP contribution in [-0.4, -0.2) is 11.7 Å². The van der Waals surface area contributed by atoms with Crippen LogP contribution in [0.5, 0.6) is 0 Å². The van der Waals surface area contributed by atoms with E-state index in [1.807, 2.05) is 24.3 Å². The van der Waals surface area contributed by atoms with E-state index in [4.69, 9.17) is 17.3 Å². The molecule has 0 spiro atoms. The Kier molecular flexibility index (Phi) is 3.77. The second-order valence-electron chi connectivity index (χ2n) is 2.76. The fraction of sp³-hybridized carbons (Fsp3) is 0.300. The summed E-state index contributed by atoms with van der Waals surface area (Å²) in [5, 5.41) is 0. The molecule has 0 aliphatic carbocycles. The summed E-state index contributed by atoms with van der Waals surface area (Å²) in [6.45, 7) is 2.12. The average molecular weight is 197 g/mol. The highest BCUT2D eigenvalue weighted by Crippen LogP contribution is 2.13. The largest absolute Gasteiger partial charge is 0.386 e. The molecule has 0 amide bonds. The molecule has 0 unspecified atom stereocenters. The Morgan fingerprint density at radius 3 is 2.46 bits per heavy atom. The van der Waals surface area contributed by atoms with Crippen molar-refractivity contribution in [2.45, 2.75) is 13.3 Å². The van der Waals surface area contributed by atoms with E-state index in [0.717, 1.165) is 12.1 Å². The van der Waals surface area contributed by atoms with Gasteiger partial charge in [-0.05, 0) is 24.1 Å². The first kappa shape index (κ1) is 10.1. The van der Waals surface area contributed by atoms with Crippen LogP contribution in [0.25, 0.3) is 0 Å². The van der Waals surface area contributed by atoms with Gasteiger partial charge in [-0.1, -0.05) is 19.1 Å². The maximum Gasteiger partial charge on any atom is 0.115 e. The lowest BCUT2D eigenvalue weighted by Gasteiger charge is -1.98. The van der Waals surface area contributed by atoms with E-state index in [-0.39, 0.29) is 5.88 Å². The Morgan fingerprint density at radius 1 is 1.38 bits per heavy atom. The number of hydrogen-bond donors (Lipinski definition) is 1. The summed E-state index contributed by atoms with van der Waals surface area (Å²) in [5.41, 5.74) is 7.65. The second kappa shape index (κ2) is 4.87. The third-order valence-corrected chi connectivity index (χ3v) is 2.03. The Morgan fingerprint density at radius 2 is 2.00 bits per heavy atom. The van der Waals surface area contributed by atoms with Crippen molar-refractivity contribution in [1.29, 1.82) is 0 Å². The summed E-state index contributed by atoms with van der Waals surface area (Å²) >= 11 is 5.50. The summed E-state index contributed by atoms with van der Waals surface area (Å²) < 4.78 is 0. The van der Waals surface area contributed by atoms with Crippen LogP contribution < -0.4 is 5.73 Å². The summed E-state index contributed by atoms with van der Waals surface area (Å²) in [4.78, 5) is 4.12. The molecule has 70 valence electrons. The molecule has 0 atom stereocenters. The molecule has 3 heteroatoms. The van der Waals surface area contributed by atoms with E-state index in [1.54, 1.807) is 0 Å². The van der Waals surface area contributed by atoms with Gasteiger partial charge >= 0.3 is 0 Å². The molecular weight excluding hydrogens is 184 g/mol. The number of nitrogens with zero attached hydrogens (tertiary/aromatic N) is 1. The number of amidine groups is 1. The lowest BCUT2D eigenvalue weighted by molar-refractivity contribution is 1.14. The molecule has 0 bridgehead atoms. The van der Waals surface area contributed by atoms with Crippen molar-refractivity contribution in [3.63, 3.8) is 0 Å². The SMILES string of the molecule is CCc1ccc(N=C(N)CCl)cc1. The fourth-order valence-electron chi connectivity index (χ4n) is 1.00. The minimum absolute atomic E-state index is 0.273. The summed E-state index contributed by atoms with van der Waals surface area (Å²) in [5.74, 6) is 0.723. The van der Waals surface area contributed by atoms with Crippen molar-refractivity contribution in [2.75, 3.05) is 5.88 Å². The monoisotopic (exact) mass is 196 g/mol. The van der Waals surface area contributed by atoms with Crippen LogP contribution in [-0.2, 0) is 6.42 Å². The molecule has 0 saturated carbocycles. The molecule has 0 aliphatic rings. The molecule has 0 saturated heterocycles. The van der Waals surface area contributed by atoms with Crippen LogP contribution in [0.3, 0.4) is 0 Å². The van der Waals surface area contributed by atoms with E-state index >= 15 is 0 Å². The predicted molar refractivity (Wildman–Crippen MR) is 57.8 cm³/mol. The van der Waals surface area contributed by atoms with E-state index in [2.05, 4.69) is 11.9 Å². The Bertz CT molecular complexity index is 290. The van der Waals surface area contributed by atoms with Gasteiger partial charge in [0.25, 0.3) is 0 Å². The lowest BCUT2D eigenvalue weighted by Crippen LogP contribution is -2.12. The quantitative estimate of drug-likeness (QED) is 0.450. The summed E-state index contributed by atoms with van der Waals surface area (Å²) in [6, 6.07) is 7.97. The zero-order chi connectivity index (χ0) is 9.68. The van der Waals surface area contributed by atoms with Crippen molar-refractivity contribution >= 4 is 23.1 Å². The molecule has 1 aromatic carbocycles. The van der Waals surface area contributed by atoms with Gasteiger partial charge < -0.3 is 5.73 Å². The highest BCUT2D eigenvalue weighted by atomic mass is 35.5. The van der Waals surface area contributed by atoms with Crippen LogP contribution >= 0.6 is 11.6 Å². The number of halogens is 1. The van der Waals surface area contributed by atoms with Gasteiger partial charge in [-0.25, -0.2) is 4.99 Å². The van der Waals surface area contributed by atoms with Crippen LogP contribution in [0.2, 0.25) is 0 Å². The maximum absolute atomic E-state index is 5.50. The Hall–Kier alpha value is -1.02. The molecule has 1 aromatic rings. The van der Waals surface area contributed by atoms with E-state index in [0.29, 0.717) is 5.84 Å². The smallest absolute Gasteiger partial charge is 0.115 e. The molecule has 1 rings (SSSR count). The van der Waals surface area contributed by atoms with Crippen molar-refractivity contribution in [3.8, 4) is 0 Å². The molecule has 2 nitrogen and oxygen atoms in total. The van der Waals surface area contributed by atoms with Crippen LogP contribution in [0.4, 0.5) is 5.69 Å². The molecule has 0 heterocycles. The highest BCUT2D eigenvalue weighted by molar-refractivity contribution is 6.28. The van der Waals surface area contributed by atoms with Crippen LogP contribution in [0.1, 0.15) is 12.5 Å². The zero-order valence-corrected chi connectivity index (χ0v) is 8.38. The molecule has 13 heavy (non-hydrogen) atoms. The van der Waals surface area contributed by atoms with E-state index in [9.17, 15) is 0 Å². The standard InChI is InChI=1S/C10H13ClN2/c1-2-8-3-5-9(6-4-8)13-10(12)7-11/h3-6H,2,7H2,1H3,(H2,12,13). The minimum Gasteiger partial charge on any atom is -0.386 e. The van der Waals surface area contributed by atoms with Crippen molar-refractivity contribution in [2.24, 2.45) is 10.7 Å². The third-order valence-electron chi connectivity index (χ3n) is 1.75. The number of rotatable bonds is 3. The molecule has 2 N–H and O–H groups in total. The fourth-order valence-corrected chi connectivity index (χ4v) is 1.06. The molecule has 0 fully saturated rings. The third kappa shape index (κ3) is 3.07. The molecule has 0 aromatic heterocycles. The summed E-state index contributed by atoms with van der Waals surface area (Å²) in [7, 11) is 0. The van der Waals surface area contributed by atoms with E-state index in [1.165, 1.54) is 5.56 Å². The van der Waals surface area contributed by atoms with Crippen molar-refractivity contribution < 1.29 is 0 Å². The predicted octanol–water partition coefficient (Wildman–Crippen LogP) is 2.48.